The van der Waals surface area contributed by atoms with Crippen LogP contribution in [0.3, 0.4) is 0 Å². The highest BCUT2D eigenvalue weighted by Gasteiger charge is 2.33. The van der Waals surface area contributed by atoms with Crippen molar-refractivity contribution < 1.29 is 38.1 Å². The van der Waals surface area contributed by atoms with Crippen LogP contribution < -0.4 is 25.4 Å². The van der Waals surface area contributed by atoms with E-state index in [1.54, 1.807) is 23.1 Å². The number of unbranched alkanes of at least 4 members (excludes halogenated alkanes) is 1. The van der Waals surface area contributed by atoms with Crippen LogP contribution in [0.4, 0.5) is 10.5 Å². The predicted molar refractivity (Wildman–Crippen MR) is 155 cm³/mol. The highest BCUT2D eigenvalue weighted by Crippen LogP contribution is 2.32. The van der Waals surface area contributed by atoms with Gasteiger partial charge in [0.2, 0.25) is 11.7 Å². The number of amides is 4. The molecular formula is C30H44N4O8. The van der Waals surface area contributed by atoms with Gasteiger partial charge in [0.05, 0.1) is 19.8 Å². The summed E-state index contributed by atoms with van der Waals surface area (Å²) in [6, 6.07) is 2.45. The Labute approximate surface area is 247 Å². The number of nitrogens with one attached hydrogen (secondary N) is 3. The van der Waals surface area contributed by atoms with Crippen LogP contribution in [0.15, 0.2) is 18.2 Å². The van der Waals surface area contributed by atoms with Crippen molar-refractivity contribution >= 4 is 29.3 Å². The molecule has 2 heterocycles. The molecule has 1 aromatic rings. The number of morpholine rings is 1. The lowest BCUT2D eigenvalue weighted by atomic mass is 9.84. The van der Waals surface area contributed by atoms with Crippen LogP contribution in [-0.2, 0) is 23.9 Å². The van der Waals surface area contributed by atoms with Crippen molar-refractivity contribution in [3.63, 3.8) is 0 Å². The summed E-state index contributed by atoms with van der Waals surface area (Å²) < 4.78 is 22.1. The molecule has 1 aliphatic carbocycles. The fourth-order valence-electron chi connectivity index (χ4n) is 5.37. The molecule has 0 radical (unpaired) electrons. The normalized spacial score (nSPS) is 18.5. The summed E-state index contributed by atoms with van der Waals surface area (Å²) in [7, 11) is 0. The Hall–Kier alpha value is -3.38. The van der Waals surface area contributed by atoms with Crippen molar-refractivity contribution in [2.75, 3.05) is 58.0 Å². The topological polar surface area (TPSA) is 145 Å². The summed E-state index contributed by atoms with van der Waals surface area (Å²) in [5, 5.41) is 8.22. The number of nitrogens with zero attached hydrogens (tertiary/aromatic N) is 1. The van der Waals surface area contributed by atoms with E-state index in [0.29, 0.717) is 69.7 Å². The first-order valence-electron chi connectivity index (χ1n) is 15.2. The SMILES string of the molecule is CCCCOCC(NC(=O)[C@H](CC1CCCCC1)NC(=O)N1CCOCC1)C(=O)C(=O)Nc1ccc2c(c1)OCCO2. The molecule has 0 bridgehead atoms. The number of rotatable bonds is 13. The van der Waals surface area contributed by atoms with E-state index < -0.39 is 29.7 Å². The van der Waals surface area contributed by atoms with Gasteiger partial charge in [-0.3, -0.25) is 14.4 Å². The molecule has 2 atom stereocenters. The molecule has 3 aliphatic rings. The number of Topliss-reactive ketones (excluding diaryl/α,β-unsaturated/α-hetero) is 1. The maximum atomic E-state index is 13.6. The van der Waals surface area contributed by atoms with Crippen LogP contribution in [0.2, 0.25) is 0 Å². The Morgan fingerprint density at radius 1 is 0.952 bits per heavy atom. The molecule has 12 heteroatoms. The van der Waals surface area contributed by atoms with Crippen LogP contribution in [-0.4, -0.2) is 93.3 Å². The number of anilines is 1. The van der Waals surface area contributed by atoms with Gasteiger partial charge in [0.1, 0.15) is 25.3 Å². The van der Waals surface area contributed by atoms with E-state index in [1.165, 1.54) is 0 Å². The quantitative estimate of drug-likeness (QED) is 0.236. The Morgan fingerprint density at radius 2 is 1.69 bits per heavy atom. The minimum absolute atomic E-state index is 0.160. The van der Waals surface area contributed by atoms with Gasteiger partial charge in [0, 0.05) is 31.5 Å². The van der Waals surface area contributed by atoms with Crippen molar-refractivity contribution in [3.05, 3.63) is 18.2 Å². The Bertz CT molecular complexity index is 1070. The fourth-order valence-corrected chi connectivity index (χ4v) is 5.37. The van der Waals surface area contributed by atoms with Crippen molar-refractivity contribution in [1.29, 1.82) is 0 Å². The van der Waals surface area contributed by atoms with Gasteiger partial charge in [-0.2, -0.15) is 0 Å². The van der Waals surface area contributed by atoms with Crippen molar-refractivity contribution in [1.82, 2.24) is 15.5 Å². The highest BCUT2D eigenvalue weighted by atomic mass is 16.6. The van der Waals surface area contributed by atoms with Gasteiger partial charge in [-0.15, -0.1) is 0 Å². The minimum atomic E-state index is -1.22. The summed E-state index contributed by atoms with van der Waals surface area (Å²) >= 11 is 0. The summed E-state index contributed by atoms with van der Waals surface area (Å²) in [5.74, 6) is -0.924. The fraction of sp³-hybridized carbons (Fsp3) is 0.667. The summed E-state index contributed by atoms with van der Waals surface area (Å²) in [6.45, 7) is 4.83. The molecule has 4 amide bonds. The molecule has 232 valence electrons. The molecule has 0 spiro atoms. The maximum Gasteiger partial charge on any atom is 0.318 e. The number of fused-ring (bicyclic) bond motifs is 1. The van der Waals surface area contributed by atoms with Gasteiger partial charge < -0.3 is 39.8 Å². The smallest absolute Gasteiger partial charge is 0.318 e. The number of carbonyl (C=O) groups excluding carboxylic acids is 4. The molecule has 2 fully saturated rings. The number of hydrogen-bond acceptors (Lipinski definition) is 8. The highest BCUT2D eigenvalue weighted by molar-refractivity contribution is 6.42. The van der Waals surface area contributed by atoms with Crippen LogP contribution in [0, 0.1) is 5.92 Å². The number of ether oxygens (including phenoxy) is 4. The van der Waals surface area contributed by atoms with Crippen LogP contribution in [0.5, 0.6) is 11.5 Å². The molecule has 1 saturated carbocycles. The number of ketones is 1. The van der Waals surface area contributed by atoms with Gasteiger partial charge in [0.25, 0.3) is 5.91 Å². The second kappa shape index (κ2) is 16.3. The van der Waals surface area contributed by atoms with Crippen LogP contribution in [0.1, 0.15) is 58.3 Å². The lowest BCUT2D eigenvalue weighted by Gasteiger charge is -2.31. The number of hydrogen-bond donors (Lipinski definition) is 3. The third kappa shape index (κ3) is 9.32. The standard InChI is InChI=1S/C30H44N4O8/c1-2-3-13-40-20-24(27(35)29(37)31-22-9-10-25-26(19-22)42-17-16-41-25)32-28(36)23(18-21-7-5-4-6-8-21)33-30(38)34-11-14-39-15-12-34/h9-10,19,21,23-24H,2-8,11-18,20H2,1H3,(H,31,37)(H,32,36)(H,33,38)/t23-,24?/m0/s1. The van der Waals surface area contributed by atoms with Gasteiger partial charge in [-0.25, -0.2) is 4.79 Å². The molecule has 4 rings (SSSR count). The van der Waals surface area contributed by atoms with Crippen molar-refractivity contribution in [2.24, 2.45) is 5.92 Å². The van der Waals surface area contributed by atoms with E-state index in [2.05, 4.69) is 16.0 Å². The zero-order valence-corrected chi connectivity index (χ0v) is 24.5. The molecule has 1 saturated heterocycles. The molecule has 0 aromatic heterocycles. The Balaban J connectivity index is 1.44. The molecule has 12 nitrogen and oxygen atoms in total. The van der Waals surface area contributed by atoms with Crippen molar-refractivity contribution in [2.45, 2.75) is 70.4 Å². The van der Waals surface area contributed by atoms with Crippen LogP contribution in [0.25, 0.3) is 0 Å². The van der Waals surface area contributed by atoms with E-state index in [-0.39, 0.29) is 18.6 Å². The second-order valence-corrected chi connectivity index (χ2v) is 11.0. The molecule has 3 N–H and O–H groups in total. The number of benzene rings is 1. The van der Waals surface area contributed by atoms with E-state index in [9.17, 15) is 19.2 Å². The maximum absolute atomic E-state index is 13.6. The van der Waals surface area contributed by atoms with Gasteiger partial charge in [-0.1, -0.05) is 45.4 Å². The molecule has 1 aromatic carbocycles. The minimum Gasteiger partial charge on any atom is -0.486 e. The first kappa shape index (κ1) is 31.6. The zero-order valence-electron chi connectivity index (χ0n) is 24.5. The van der Waals surface area contributed by atoms with Crippen LogP contribution >= 0.6 is 0 Å². The molecule has 1 unspecified atom stereocenters. The summed E-state index contributed by atoms with van der Waals surface area (Å²) in [6.07, 6.45) is 7.44. The monoisotopic (exact) mass is 588 g/mol. The lowest BCUT2D eigenvalue weighted by molar-refractivity contribution is -0.138. The first-order chi connectivity index (χ1) is 20.4. The Morgan fingerprint density at radius 3 is 2.43 bits per heavy atom. The zero-order chi connectivity index (χ0) is 29.7. The summed E-state index contributed by atoms with van der Waals surface area (Å²) in [5.41, 5.74) is 0.363. The molecular weight excluding hydrogens is 544 g/mol. The largest absolute Gasteiger partial charge is 0.486 e. The number of urea groups is 1. The van der Waals surface area contributed by atoms with Crippen molar-refractivity contribution in [3.8, 4) is 11.5 Å². The first-order valence-corrected chi connectivity index (χ1v) is 15.2. The lowest BCUT2D eigenvalue weighted by Crippen LogP contribution is -2.57. The van der Waals surface area contributed by atoms with E-state index in [4.69, 9.17) is 18.9 Å². The third-order valence-electron chi connectivity index (χ3n) is 7.79. The van der Waals surface area contributed by atoms with Gasteiger partial charge in [-0.05, 0) is 30.9 Å². The Kier molecular flexibility index (Phi) is 12.3. The van der Waals surface area contributed by atoms with E-state index >= 15 is 0 Å². The molecule has 2 aliphatic heterocycles. The summed E-state index contributed by atoms with van der Waals surface area (Å²) in [4.78, 5) is 54.7. The van der Waals surface area contributed by atoms with Gasteiger partial charge in [0.15, 0.2) is 11.5 Å². The average Bonchev–Trinajstić information content (AvgIpc) is 3.02. The molecule has 42 heavy (non-hydrogen) atoms. The average molecular weight is 589 g/mol. The van der Waals surface area contributed by atoms with Gasteiger partial charge >= 0.3 is 6.03 Å². The number of carbonyl (C=O) groups is 4. The second-order valence-electron chi connectivity index (χ2n) is 11.0. The predicted octanol–water partition coefficient (Wildman–Crippen LogP) is 2.65. The third-order valence-corrected chi connectivity index (χ3v) is 7.79. The van der Waals surface area contributed by atoms with E-state index in [0.717, 1.165) is 44.9 Å². The van der Waals surface area contributed by atoms with E-state index in [1.807, 2.05) is 6.92 Å².